The Balaban J connectivity index is 2.24. The van der Waals surface area contributed by atoms with Crippen LogP contribution in [0.15, 0.2) is 39.8 Å². The predicted molar refractivity (Wildman–Crippen MR) is 88.4 cm³/mol. The molecule has 1 aliphatic carbocycles. The third kappa shape index (κ3) is 3.69. The molecule has 0 saturated carbocycles. The van der Waals surface area contributed by atoms with Crippen LogP contribution >= 0.6 is 0 Å². The number of hydrogen-bond acceptors (Lipinski definition) is 1. The molecule has 2 rings (SSSR count). The van der Waals surface area contributed by atoms with Crippen LogP contribution in [0.25, 0.3) is 0 Å². The van der Waals surface area contributed by atoms with Crippen LogP contribution in [-0.4, -0.2) is 12.9 Å². The third-order valence-electron chi connectivity index (χ3n) is 3.66. The van der Waals surface area contributed by atoms with Crippen LogP contribution in [0.4, 0.5) is 0 Å². The Morgan fingerprint density at radius 2 is 1.85 bits per heavy atom. The second-order valence-electron chi connectivity index (χ2n) is 6.58. The van der Waals surface area contributed by atoms with E-state index in [1.807, 2.05) is 0 Å². The summed E-state index contributed by atoms with van der Waals surface area (Å²) in [5.74, 6) is 1.03. The molecule has 0 amide bonds. The average molecular weight is 320 g/mol. The van der Waals surface area contributed by atoms with Crippen LogP contribution in [0.5, 0.6) is 5.75 Å². The first kappa shape index (κ1) is 15.7. The maximum absolute atomic E-state index is 6.27. The van der Waals surface area contributed by atoms with Gasteiger partial charge in [0, 0.05) is 0 Å². The first-order chi connectivity index (χ1) is 9.27. The van der Waals surface area contributed by atoms with Crippen molar-refractivity contribution in [3.63, 3.8) is 0 Å². The standard InChI is InChI=1S/C10H16OSi.C6H7.CH2.Ti/c1-8-5-9(11)7-10(6-8)12(2,3)4;1-6-4-2-3-5-6;;/h5-7,11H,1-4H3;2,4H,3H2,1H3;1H2;/q;;;+1/p-1. The summed E-state index contributed by atoms with van der Waals surface area (Å²) in [6.45, 7) is 11.5. The van der Waals surface area contributed by atoms with Crippen molar-refractivity contribution in [2.75, 3.05) is 0 Å². The first-order valence-corrected chi connectivity index (χ1v) is 13.2. The molecular formula is C17H24OSiTi. The minimum absolute atomic E-state index is 1.03. The SMILES string of the molecule is [CH2]=[Ti]([O]c1cc(C)cc([Si](C)(C)C)c1)[C]1=C(C)C=CC1. The summed E-state index contributed by atoms with van der Waals surface area (Å²) in [5, 5.41) is 1.47. The van der Waals surface area contributed by atoms with E-state index in [-0.39, 0.29) is 0 Å². The Bertz CT molecular complexity index is 606. The van der Waals surface area contributed by atoms with Gasteiger partial charge in [-0.3, -0.25) is 0 Å². The van der Waals surface area contributed by atoms with Crippen LogP contribution in [-0.2, 0) is 17.8 Å². The van der Waals surface area contributed by atoms with E-state index in [1.54, 1.807) is 0 Å². The van der Waals surface area contributed by atoms with Gasteiger partial charge >= 0.3 is 130 Å². The number of allylic oxidation sites excluding steroid dienone is 4. The van der Waals surface area contributed by atoms with Crippen molar-refractivity contribution >= 4 is 18.1 Å². The Morgan fingerprint density at radius 3 is 2.40 bits per heavy atom. The van der Waals surface area contributed by atoms with E-state index in [1.165, 1.54) is 20.2 Å². The van der Waals surface area contributed by atoms with Gasteiger partial charge in [-0.15, -0.1) is 0 Å². The van der Waals surface area contributed by atoms with Gasteiger partial charge in [0.15, 0.2) is 0 Å². The van der Waals surface area contributed by atoms with Gasteiger partial charge in [0.05, 0.1) is 0 Å². The maximum atomic E-state index is 6.27. The molecule has 1 aromatic carbocycles. The molecule has 1 aromatic rings. The Labute approximate surface area is 130 Å². The van der Waals surface area contributed by atoms with Crippen molar-refractivity contribution in [2.24, 2.45) is 0 Å². The van der Waals surface area contributed by atoms with E-state index in [2.05, 4.69) is 68.7 Å². The molecule has 0 spiro atoms. The molecule has 0 fully saturated rings. The molecule has 0 aliphatic heterocycles. The molecule has 0 N–H and O–H groups in total. The van der Waals surface area contributed by atoms with Crippen LogP contribution in [0.2, 0.25) is 19.6 Å². The summed E-state index contributed by atoms with van der Waals surface area (Å²) >= 11 is -1.84. The normalized spacial score (nSPS) is 14.8. The van der Waals surface area contributed by atoms with Crippen molar-refractivity contribution in [3.05, 3.63) is 45.4 Å². The second-order valence-corrected chi connectivity index (χ2v) is 14.2. The summed E-state index contributed by atoms with van der Waals surface area (Å²) in [5.41, 5.74) is 2.66. The van der Waals surface area contributed by atoms with Gasteiger partial charge in [0.2, 0.25) is 0 Å². The van der Waals surface area contributed by atoms with Crippen LogP contribution < -0.4 is 8.51 Å². The van der Waals surface area contributed by atoms with E-state index in [9.17, 15) is 0 Å². The molecule has 106 valence electrons. The summed E-state index contributed by atoms with van der Waals surface area (Å²) < 4.78 is 7.72. The molecule has 20 heavy (non-hydrogen) atoms. The van der Waals surface area contributed by atoms with Gasteiger partial charge in [-0.25, -0.2) is 0 Å². The van der Waals surface area contributed by atoms with E-state index in [0.717, 1.165) is 12.2 Å². The van der Waals surface area contributed by atoms with Gasteiger partial charge in [-0.1, -0.05) is 0 Å². The third-order valence-corrected chi connectivity index (χ3v) is 8.42. The fourth-order valence-corrected chi connectivity index (χ4v) is 5.81. The molecule has 0 unspecified atom stereocenters. The zero-order chi connectivity index (χ0) is 14.9. The van der Waals surface area contributed by atoms with Crippen molar-refractivity contribution in [1.29, 1.82) is 0 Å². The minimum atomic E-state index is -1.84. The predicted octanol–water partition coefficient (Wildman–Crippen LogP) is 4.12. The van der Waals surface area contributed by atoms with Crippen molar-refractivity contribution in [3.8, 4) is 5.75 Å². The van der Waals surface area contributed by atoms with Gasteiger partial charge < -0.3 is 0 Å². The Hall–Kier alpha value is -0.699. The number of rotatable bonds is 4. The molecule has 0 radical (unpaired) electrons. The zero-order valence-corrected chi connectivity index (χ0v) is 15.8. The van der Waals surface area contributed by atoms with Gasteiger partial charge in [-0.05, 0) is 0 Å². The fourth-order valence-electron chi connectivity index (χ4n) is 2.39. The van der Waals surface area contributed by atoms with Gasteiger partial charge in [0.25, 0.3) is 0 Å². The number of benzene rings is 1. The molecule has 1 aliphatic rings. The number of hydrogen-bond donors (Lipinski definition) is 0. The van der Waals surface area contributed by atoms with E-state index >= 15 is 0 Å². The molecule has 0 heterocycles. The van der Waals surface area contributed by atoms with E-state index < -0.39 is 25.9 Å². The molecule has 0 aromatic heterocycles. The van der Waals surface area contributed by atoms with Crippen molar-refractivity contribution < 1.29 is 21.1 Å². The quantitative estimate of drug-likeness (QED) is 0.758. The first-order valence-electron chi connectivity index (χ1n) is 7.13. The molecular weight excluding hydrogens is 296 g/mol. The van der Waals surface area contributed by atoms with E-state index in [4.69, 9.17) is 3.32 Å². The average Bonchev–Trinajstić information content (AvgIpc) is 2.73. The molecule has 0 bridgehead atoms. The summed E-state index contributed by atoms with van der Waals surface area (Å²) in [6, 6.07) is 6.71. The van der Waals surface area contributed by atoms with Gasteiger partial charge in [-0.2, -0.15) is 0 Å². The summed E-state index contributed by atoms with van der Waals surface area (Å²) in [6.07, 6.45) is 5.45. The zero-order valence-electron chi connectivity index (χ0n) is 13.2. The topological polar surface area (TPSA) is 9.23 Å². The Morgan fingerprint density at radius 1 is 1.15 bits per heavy atom. The van der Waals surface area contributed by atoms with Crippen LogP contribution in [0.1, 0.15) is 18.9 Å². The van der Waals surface area contributed by atoms with Crippen molar-refractivity contribution in [1.82, 2.24) is 0 Å². The van der Waals surface area contributed by atoms with Crippen molar-refractivity contribution in [2.45, 2.75) is 39.9 Å². The Kier molecular flexibility index (Phi) is 4.68. The molecule has 0 atom stereocenters. The summed E-state index contributed by atoms with van der Waals surface area (Å²) in [7, 11) is -1.30. The molecule has 0 saturated heterocycles. The van der Waals surface area contributed by atoms with Crippen LogP contribution in [0, 0.1) is 6.92 Å². The summed E-state index contributed by atoms with van der Waals surface area (Å²) in [4.78, 5) is 4.35. The molecule has 3 heteroatoms. The van der Waals surface area contributed by atoms with Crippen LogP contribution in [0.3, 0.4) is 0 Å². The second kappa shape index (κ2) is 5.97. The number of aryl methyl sites for hydroxylation is 1. The fraction of sp³-hybridized carbons (Fsp3) is 0.353. The van der Waals surface area contributed by atoms with Gasteiger partial charge in [0.1, 0.15) is 0 Å². The van der Waals surface area contributed by atoms with E-state index in [0.29, 0.717) is 0 Å². The molecule has 1 nitrogen and oxygen atoms in total. The monoisotopic (exact) mass is 320 g/mol.